The molecule has 2 rings (SSSR count). The van der Waals surface area contributed by atoms with Gasteiger partial charge in [0, 0.05) is 12.1 Å². The van der Waals surface area contributed by atoms with Gasteiger partial charge in [0.2, 0.25) is 0 Å². The van der Waals surface area contributed by atoms with Gasteiger partial charge in [0.15, 0.2) is 6.61 Å². The molecule has 2 aromatic rings. The molecular weight excluding hydrogens is 380 g/mol. The number of para-hydroxylation sites is 1. The molecule has 0 heterocycles. The van der Waals surface area contributed by atoms with Crippen molar-refractivity contribution in [2.45, 2.75) is 19.1 Å². The lowest BCUT2D eigenvalue weighted by molar-refractivity contribution is -0.274. The third-order valence-electron chi connectivity index (χ3n) is 3.21. The van der Waals surface area contributed by atoms with Crippen LogP contribution in [0.4, 0.5) is 26.3 Å². The first kappa shape index (κ1) is 20.4. The Labute approximate surface area is 149 Å². The first-order valence-electron chi connectivity index (χ1n) is 7.45. The second-order valence-corrected chi connectivity index (χ2v) is 5.25. The fraction of sp³-hybridized carbons (Fsp3) is 0.235. The number of rotatable bonds is 6. The number of nitrogens with one attached hydrogen (secondary N) is 1. The van der Waals surface area contributed by atoms with E-state index in [0.717, 1.165) is 24.3 Å². The predicted molar refractivity (Wildman–Crippen MR) is 81.9 cm³/mol. The summed E-state index contributed by atoms with van der Waals surface area (Å²) < 4.78 is 83.6. The summed E-state index contributed by atoms with van der Waals surface area (Å²) in [4.78, 5) is 11.7. The standard InChI is InChI=1S/C17H13F6NO3/c18-16(19,20)12-5-3-6-13(8-12)26-10-15(25)24-9-11-4-1-2-7-14(11)27-17(21,22)23/h1-8H,9-10H2,(H,24,25). The molecule has 1 amide bonds. The molecule has 4 nitrogen and oxygen atoms in total. The molecule has 0 bridgehead atoms. The second-order valence-electron chi connectivity index (χ2n) is 5.25. The van der Waals surface area contributed by atoms with Crippen LogP contribution in [0, 0.1) is 0 Å². The SMILES string of the molecule is O=C(COc1cccc(C(F)(F)F)c1)NCc1ccccc1OC(F)(F)F. The number of carbonyl (C=O) groups excluding carboxylic acids is 1. The number of hydrogen-bond acceptors (Lipinski definition) is 3. The molecule has 27 heavy (non-hydrogen) atoms. The van der Waals surface area contributed by atoms with Gasteiger partial charge in [0.05, 0.1) is 5.56 Å². The number of ether oxygens (including phenoxy) is 2. The molecule has 0 aliphatic heterocycles. The number of carbonyl (C=O) groups is 1. The highest BCUT2D eigenvalue weighted by atomic mass is 19.4. The molecule has 0 fully saturated rings. The highest BCUT2D eigenvalue weighted by Crippen LogP contribution is 2.31. The summed E-state index contributed by atoms with van der Waals surface area (Å²) >= 11 is 0. The second kappa shape index (κ2) is 8.19. The Bertz CT molecular complexity index is 789. The maximum atomic E-state index is 12.6. The molecule has 0 saturated heterocycles. The summed E-state index contributed by atoms with van der Waals surface area (Å²) in [6, 6.07) is 9.18. The zero-order valence-electron chi connectivity index (χ0n) is 13.5. The maximum Gasteiger partial charge on any atom is 0.573 e. The molecule has 0 radical (unpaired) electrons. The number of amides is 1. The van der Waals surface area contributed by atoms with Gasteiger partial charge in [-0.1, -0.05) is 24.3 Å². The highest BCUT2D eigenvalue weighted by Gasteiger charge is 2.32. The van der Waals surface area contributed by atoms with Crippen LogP contribution in [0.2, 0.25) is 0 Å². The van der Waals surface area contributed by atoms with Crippen LogP contribution in [-0.2, 0) is 17.5 Å². The summed E-state index contributed by atoms with van der Waals surface area (Å²) in [5.74, 6) is -1.36. The first-order valence-corrected chi connectivity index (χ1v) is 7.45. The monoisotopic (exact) mass is 393 g/mol. The Kier molecular flexibility index (Phi) is 6.19. The Hall–Kier alpha value is -2.91. The molecule has 0 saturated carbocycles. The number of hydrogen-bond donors (Lipinski definition) is 1. The Morgan fingerprint density at radius 1 is 0.963 bits per heavy atom. The van der Waals surface area contributed by atoms with Crippen LogP contribution < -0.4 is 14.8 Å². The minimum Gasteiger partial charge on any atom is -0.484 e. The number of halogens is 6. The smallest absolute Gasteiger partial charge is 0.484 e. The van der Waals surface area contributed by atoms with Crippen LogP contribution in [0.3, 0.4) is 0 Å². The fourth-order valence-corrected chi connectivity index (χ4v) is 2.03. The molecule has 2 aromatic carbocycles. The third kappa shape index (κ3) is 6.72. The molecule has 0 aliphatic carbocycles. The van der Waals surface area contributed by atoms with Crippen molar-refractivity contribution >= 4 is 5.91 Å². The largest absolute Gasteiger partial charge is 0.573 e. The quantitative estimate of drug-likeness (QED) is 0.745. The van der Waals surface area contributed by atoms with Crippen molar-refractivity contribution in [1.82, 2.24) is 5.32 Å². The minimum absolute atomic E-state index is 0.0715. The van der Waals surface area contributed by atoms with E-state index in [1.54, 1.807) is 0 Å². The molecule has 0 aromatic heterocycles. The molecule has 0 atom stereocenters. The van der Waals surface area contributed by atoms with Crippen molar-refractivity contribution in [2.24, 2.45) is 0 Å². The van der Waals surface area contributed by atoms with Gasteiger partial charge in [-0.15, -0.1) is 13.2 Å². The average molecular weight is 393 g/mol. The van der Waals surface area contributed by atoms with Crippen LogP contribution in [0.5, 0.6) is 11.5 Å². The summed E-state index contributed by atoms with van der Waals surface area (Å²) in [6.45, 7) is -0.888. The van der Waals surface area contributed by atoms with Gasteiger partial charge in [0.1, 0.15) is 11.5 Å². The van der Waals surface area contributed by atoms with Gasteiger partial charge in [-0.05, 0) is 24.3 Å². The van der Waals surface area contributed by atoms with Crippen LogP contribution in [-0.4, -0.2) is 18.9 Å². The van der Waals surface area contributed by atoms with E-state index in [2.05, 4.69) is 10.1 Å². The van der Waals surface area contributed by atoms with Gasteiger partial charge >= 0.3 is 12.5 Å². The van der Waals surface area contributed by atoms with E-state index in [-0.39, 0.29) is 17.9 Å². The van der Waals surface area contributed by atoms with E-state index >= 15 is 0 Å². The maximum absolute atomic E-state index is 12.6. The lowest BCUT2D eigenvalue weighted by Crippen LogP contribution is -2.29. The topological polar surface area (TPSA) is 47.6 Å². The third-order valence-corrected chi connectivity index (χ3v) is 3.21. The lowest BCUT2D eigenvalue weighted by Gasteiger charge is -2.14. The van der Waals surface area contributed by atoms with Crippen molar-refractivity contribution in [1.29, 1.82) is 0 Å². The van der Waals surface area contributed by atoms with Crippen molar-refractivity contribution in [3.05, 3.63) is 59.7 Å². The summed E-state index contributed by atoms with van der Waals surface area (Å²) in [5, 5.41) is 2.31. The van der Waals surface area contributed by atoms with E-state index in [1.165, 1.54) is 24.3 Å². The van der Waals surface area contributed by atoms with Gasteiger partial charge in [-0.2, -0.15) is 13.2 Å². The van der Waals surface area contributed by atoms with Gasteiger partial charge in [0.25, 0.3) is 5.91 Å². The summed E-state index contributed by atoms with van der Waals surface area (Å²) in [6.07, 6.45) is -9.43. The van der Waals surface area contributed by atoms with E-state index in [1.807, 2.05) is 0 Å². The van der Waals surface area contributed by atoms with E-state index in [0.29, 0.717) is 0 Å². The summed E-state index contributed by atoms with van der Waals surface area (Å²) in [5.41, 5.74) is -0.860. The van der Waals surface area contributed by atoms with E-state index in [9.17, 15) is 31.1 Å². The first-order chi connectivity index (χ1) is 12.5. The molecule has 1 N–H and O–H groups in total. The van der Waals surface area contributed by atoms with Crippen molar-refractivity contribution in [3.8, 4) is 11.5 Å². The zero-order valence-corrected chi connectivity index (χ0v) is 13.5. The van der Waals surface area contributed by atoms with Crippen molar-refractivity contribution in [3.63, 3.8) is 0 Å². The van der Waals surface area contributed by atoms with Gasteiger partial charge in [-0.25, -0.2) is 0 Å². The molecule has 0 spiro atoms. The number of benzene rings is 2. The molecule has 146 valence electrons. The average Bonchev–Trinajstić information content (AvgIpc) is 2.57. The zero-order chi connectivity index (χ0) is 20.1. The van der Waals surface area contributed by atoms with E-state index in [4.69, 9.17) is 4.74 Å². The van der Waals surface area contributed by atoms with Crippen molar-refractivity contribution in [2.75, 3.05) is 6.61 Å². The molecule has 0 unspecified atom stereocenters. The van der Waals surface area contributed by atoms with E-state index < -0.39 is 36.4 Å². The molecule has 0 aliphatic rings. The van der Waals surface area contributed by atoms with Gasteiger partial charge < -0.3 is 14.8 Å². The highest BCUT2D eigenvalue weighted by molar-refractivity contribution is 5.77. The molecular formula is C17H13F6NO3. The van der Waals surface area contributed by atoms with Crippen LogP contribution >= 0.6 is 0 Å². The van der Waals surface area contributed by atoms with Crippen LogP contribution in [0.1, 0.15) is 11.1 Å². The molecule has 10 heteroatoms. The van der Waals surface area contributed by atoms with Gasteiger partial charge in [-0.3, -0.25) is 4.79 Å². The minimum atomic E-state index is -4.88. The summed E-state index contributed by atoms with van der Waals surface area (Å²) in [7, 11) is 0. The van der Waals surface area contributed by atoms with Crippen LogP contribution in [0.15, 0.2) is 48.5 Å². The number of alkyl halides is 6. The normalized spacial score (nSPS) is 11.8. The predicted octanol–water partition coefficient (Wildman–Crippen LogP) is 4.30. The Balaban J connectivity index is 1.91. The fourth-order valence-electron chi connectivity index (χ4n) is 2.03. The Morgan fingerprint density at radius 3 is 2.33 bits per heavy atom. The Morgan fingerprint density at radius 2 is 1.67 bits per heavy atom. The lowest BCUT2D eigenvalue weighted by atomic mass is 10.2. The van der Waals surface area contributed by atoms with Crippen LogP contribution in [0.25, 0.3) is 0 Å². The van der Waals surface area contributed by atoms with Crippen molar-refractivity contribution < 1.29 is 40.6 Å².